The smallest absolute Gasteiger partial charge is 0.331 e. The van der Waals surface area contributed by atoms with Crippen LogP contribution in [0.15, 0.2) is 30.5 Å². The number of halogens is 3. The lowest BCUT2D eigenvalue weighted by Gasteiger charge is -2.12. The largest absolute Gasteiger partial charge is 0.416 e. The summed E-state index contributed by atoms with van der Waals surface area (Å²) in [6.07, 6.45) is -3.06. The van der Waals surface area contributed by atoms with Gasteiger partial charge in [0.05, 0.1) is 11.8 Å². The molecule has 3 N–H and O–H groups in total. The minimum atomic E-state index is -4.45. The van der Waals surface area contributed by atoms with Crippen LogP contribution < -0.4 is 16.2 Å². The number of anilines is 1. The SMILES string of the molecule is Cn1cc(C(=O)NNC(=S)Nc2cccc(C(F)(F)F)c2)nn1. The highest BCUT2D eigenvalue weighted by Crippen LogP contribution is 2.30. The molecule has 2 aromatic rings. The van der Waals surface area contributed by atoms with E-state index in [1.54, 1.807) is 7.05 Å². The van der Waals surface area contributed by atoms with Crippen LogP contribution >= 0.6 is 12.2 Å². The maximum absolute atomic E-state index is 12.6. The van der Waals surface area contributed by atoms with Gasteiger partial charge in [-0.1, -0.05) is 11.3 Å². The van der Waals surface area contributed by atoms with Crippen LogP contribution in [0, 0.1) is 0 Å². The Bertz CT molecular complexity index is 730. The van der Waals surface area contributed by atoms with Gasteiger partial charge in [0.1, 0.15) is 0 Å². The van der Waals surface area contributed by atoms with Gasteiger partial charge < -0.3 is 5.32 Å². The van der Waals surface area contributed by atoms with Gasteiger partial charge >= 0.3 is 6.18 Å². The molecule has 1 amide bonds. The van der Waals surface area contributed by atoms with E-state index in [0.717, 1.165) is 12.1 Å². The molecule has 7 nitrogen and oxygen atoms in total. The Morgan fingerprint density at radius 1 is 1.30 bits per heavy atom. The van der Waals surface area contributed by atoms with Gasteiger partial charge in [0.25, 0.3) is 5.91 Å². The lowest BCUT2D eigenvalue weighted by Crippen LogP contribution is -2.43. The predicted molar refractivity (Wildman–Crippen MR) is 79.3 cm³/mol. The van der Waals surface area contributed by atoms with E-state index in [4.69, 9.17) is 12.2 Å². The standard InChI is InChI=1S/C12H11F3N6OS/c1-21-6-9(17-20-21)10(22)18-19-11(23)16-8-4-2-3-7(5-8)12(13,14)15/h2-6H,1H3,(H,18,22)(H2,16,19,23). The van der Waals surface area contributed by atoms with Crippen LogP contribution in [0.25, 0.3) is 0 Å². The van der Waals surface area contributed by atoms with E-state index in [0.29, 0.717) is 0 Å². The summed E-state index contributed by atoms with van der Waals surface area (Å²) in [5.41, 5.74) is 3.98. The molecular formula is C12H11F3N6OS. The van der Waals surface area contributed by atoms with E-state index < -0.39 is 17.6 Å². The summed E-state index contributed by atoms with van der Waals surface area (Å²) in [4.78, 5) is 11.7. The van der Waals surface area contributed by atoms with Crippen molar-refractivity contribution in [1.29, 1.82) is 0 Å². The molecule has 0 radical (unpaired) electrons. The van der Waals surface area contributed by atoms with Crippen molar-refractivity contribution in [2.24, 2.45) is 7.05 Å². The van der Waals surface area contributed by atoms with E-state index in [-0.39, 0.29) is 16.5 Å². The first-order valence-electron chi connectivity index (χ1n) is 6.16. The number of carbonyl (C=O) groups excluding carboxylic acids is 1. The van der Waals surface area contributed by atoms with E-state index >= 15 is 0 Å². The molecular weight excluding hydrogens is 333 g/mol. The van der Waals surface area contributed by atoms with E-state index in [1.165, 1.54) is 23.0 Å². The molecule has 0 aliphatic heterocycles. The third-order valence-electron chi connectivity index (χ3n) is 2.57. The fraction of sp³-hybridized carbons (Fsp3) is 0.167. The highest BCUT2D eigenvalue weighted by Gasteiger charge is 2.30. The average Bonchev–Trinajstić information content (AvgIpc) is 2.91. The first kappa shape index (κ1) is 16.7. The van der Waals surface area contributed by atoms with Crippen molar-refractivity contribution in [2.75, 3.05) is 5.32 Å². The molecule has 2 rings (SSSR count). The minimum absolute atomic E-state index is 0.0573. The molecule has 0 unspecified atom stereocenters. The third kappa shape index (κ3) is 4.64. The first-order valence-corrected chi connectivity index (χ1v) is 6.57. The van der Waals surface area contributed by atoms with Gasteiger partial charge in [-0.15, -0.1) is 5.10 Å². The summed E-state index contributed by atoms with van der Waals surface area (Å²) in [7, 11) is 1.59. The first-order chi connectivity index (χ1) is 10.8. The Morgan fingerprint density at radius 2 is 2.04 bits per heavy atom. The number of alkyl halides is 3. The third-order valence-corrected chi connectivity index (χ3v) is 2.78. The summed E-state index contributed by atoms with van der Waals surface area (Å²) in [5, 5.41) is 9.63. The molecule has 122 valence electrons. The minimum Gasteiger partial charge on any atom is -0.331 e. The van der Waals surface area contributed by atoms with Crippen molar-refractivity contribution in [3.05, 3.63) is 41.7 Å². The van der Waals surface area contributed by atoms with Crippen molar-refractivity contribution in [1.82, 2.24) is 25.8 Å². The van der Waals surface area contributed by atoms with E-state index in [9.17, 15) is 18.0 Å². The maximum Gasteiger partial charge on any atom is 0.416 e. The number of nitrogens with one attached hydrogen (secondary N) is 3. The van der Waals surface area contributed by atoms with Crippen molar-refractivity contribution in [3.8, 4) is 0 Å². The van der Waals surface area contributed by atoms with Crippen molar-refractivity contribution in [2.45, 2.75) is 6.18 Å². The van der Waals surface area contributed by atoms with E-state index in [1.807, 2.05) is 0 Å². The maximum atomic E-state index is 12.6. The molecule has 0 bridgehead atoms. The Labute approximate surface area is 133 Å². The van der Waals surface area contributed by atoms with Gasteiger partial charge in [-0.05, 0) is 30.4 Å². The normalized spacial score (nSPS) is 11.0. The summed E-state index contributed by atoms with van der Waals surface area (Å²) in [6.45, 7) is 0. The number of nitrogens with zero attached hydrogens (tertiary/aromatic N) is 3. The van der Waals surface area contributed by atoms with Gasteiger partial charge in [-0.2, -0.15) is 13.2 Å². The number of aromatic nitrogens is 3. The molecule has 0 atom stereocenters. The van der Waals surface area contributed by atoms with Gasteiger partial charge in [-0.3, -0.25) is 20.3 Å². The zero-order chi connectivity index (χ0) is 17.0. The van der Waals surface area contributed by atoms with Crippen molar-refractivity contribution >= 4 is 28.9 Å². The molecule has 0 saturated heterocycles. The summed E-state index contributed by atoms with van der Waals surface area (Å²) in [6, 6.07) is 4.50. The summed E-state index contributed by atoms with van der Waals surface area (Å²) in [5.74, 6) is -0.591. The van der Waals surface area contributed by atoms with Crippen molar-refractivity contribution in [3.63, 3.8) is 0 Å². The van der Waals surface area contributed by atoms with Crippen LogP contribution in [0.1, 0.15) is 16.1 Å². The second kappa shape index (κ2) is 6.60. The lowest BCUT2D eigenvalue weighted by atomic mass is 10.2. The molecule has 1 heterocycles. The molecule has 0 aliphatic carbocycles. The van der Waals surface area contributed by atoms with Crippen LogP contribution in [0.2, 0.25) is 0 Å². The topological polar surface area (TPSA) is 83.9 Å². The number of hydrogen-bond donors (Lipinski definition) is 3. The summed E-state index contributed by atoms with van der Waals surface area (Å²) < 4.78 is 39.1. The van der Waals surface area contributed by atoms with Gasteiger partial charge in [0.15, 0.2) is 10.8 Å². The zero-order valence-corrected chi connectivity index (χ0v) is 12.5. The second-order valence-electron chi connectivity index (χ2n) is 4.39. The number of rotatable bonds is 2. The molecule has 1 aromatic carbocycles. The van der Waals surface area contributed by atoms with Crippen LogP contribution in [-0.4, -0.2) is 26.0 Å². The van der Waals surface area contributed by atoms with Gasteiger partial charge in [0, 0.05) is 12.7 Å². The summed E-state index contributed by atoms with van der Waals surface area (Å²) >= 11 is 4.89. The molecule has 1 aromatic heterocycles. The fourth-order valence-electron chi connectivity index (χ4n) is 1.56. The monoisotopic (exact) mass is 344 g/mol. The molecule has 0 fully saturated rings. The number of hydrazine groups is 1. The lowest BCUT2D eigenvalue weighted by molar-refractivity contribution is -0.137. The van der Waals surface area contributed by atoms with Crippen LogP contribution in [0.3, 0.4) is 0 Å². The molecule has 11 heteroatoms. The number of hydrogen-bond acceptors (Lipinski definition) is 4. The van der Waals surface area contributed by atoms with Crippen molar-refractivity contribution < 1.29 is 18.0 Å². The van der Waals surface area contributed by atoms with Gasteiger partial charge in [0.2, 0.25) is 0 Å². The second-order valence-corrected chi connectivity index (χ2v) is 4.80. The molecule has 23 heavy (non-hydrogen) atoms. The fourth-order valence-corrected chi connectivity index (χ4v) is 1.73. The number of benzene rings is 1. The quantitative estimate of drug-likeness (QED) is 0.565. The van der Waals surface area contributed by atoms with Gasteiger partial charge in [-0.25, -0.2) is 0 Å². The number of carbonyl (C=O) groups is 1. The Kier molecular flexibility index (Phi) is 4.79. The Morgan fingerprint density at radius 3 is 2.65 bits per heavy atom. The average molecular weight is 344 g/mol. The number of amides is 1. The highest BCUT2D eigenvalue weighted by atomic mass is 32.1. The predicted octanol–water partition coefficient (Wildman–Crippen LogP) is 1.47. The molecule has 0 saturated carbocycles. The van der Waals surface area contributed by atoms with Crippen LogP contribution in [0.5, 0.6) is 0 Å². The van der Waals surface area contributed by atoms with Crippen LogP contribution in [0.4, 0.5) is 18.9 Å². The Balaban J connectivity index is 1.91. The zero-order valence-electron chi connectivity index (χ0n) is 11.7. The molecule has 0 aliphatic rings. The van der Waals surface area contributed by atoms with E-state index in [2.05, 4.69) is 26.5 Å². The Hall–Kier alpha value is -2.69. The highest BCUT2D eigenvalue weighted by molar-refractivity contribution is 7.80. The molecule has 0 spiro atoms. The number of thiocarbonyl (C=S) groups is 1. The number of aryl methyl sites for hydroxylation is 1. The van der Waals surface area contributed by atoms with Crippen LogP contribution in [-0.2, 0) is 13.2 Å².